The number of nitrogens with zero attached hydrogens (tertiary/aromatic N) is 3. The molecule has 1 saturated heterocycles. The Morgan fingerprint density at radius 3 is 2.76 bits per heavy atom. The third kappa shape index (κ3) is 4.43. The summed E-state index contributed by atoms with van der Waals surface area (Å²) < 4.78 is 7.01. The first-order valence-electron chi connectivity index (χ1n) is 8.14. The molecule has 0 bridgehead atoms. The zero-order chi connectivity index (χ0) is 17.8. The highest BCUT2D eigenvalue weighted by Crippen LogP contribution is 2.31. The van der Waals surface area contributed by atoms with E-state index in [0.29, 0.717) is 10.7 Å². The minimum Gasteiger partial charge on any atom is -0.378 e. The molecular formula is C18H22N4O2S. The second-order valence-electron chi connectivity index (χ2n) is 5.90. The van der Waals surface area contributed by atoms with Gasteiger partial charge in [0, 0.05) is 36.9 Å². The van der Waals surface area contributed by atoms with Gasteiger partial charge >= 0.3 is 0 Å². The van der Waals surface area contributed by atoms with E-state index in [1.807, 2.05) is 0 Å². The predicted molar refractivity (Wildman–Crippen MR) is 99.9 cm³/mol. The fourth-order valence-electron chi connectivity index (χ4n) is 2.60. The Morgan fingerprint density at radius 2 is 2.08 bits per heavy atom. The van der Waals surface area contributed by atoms with Crippen LogP contribution in [0.1, 0.15) is 16.1 Å². The van der Waals surface area contributed by atoms with Gasteiger partial charge in [0.15, 0.2) is 5.69 Å². The molecule has 1 aliphatic rings. The van der Waals surface area contributed by atoms with Crippen LogP contribution in [0.5, 0.6) is 0 Å². The van der Waals surface area contributed by atoms with E-state index in [1.54, 1.807) is 24.0 Å². The Kier molecular flexibility index (Phi) is 5.45. The lowest BCUT2D eigenvalue weighted by atomic mass is 10.2. The van der Waals surface area contributed by atoms with Crippen molar-refractivity contribution in [2.24, 2.45) is 7.05 Å². The number of nitrogens with one attached hydrogen (secondary N) is 1. The Morgan fingerprint density at radius 1 is 1.32 bits per heavy atom. The van der Waals surface area contributed by atoms with E-state index in [9.17, 15) is 4.79 Å². The number of aromatic nitrogens is 2. The number of rotatable bonds is 5. The molecule has 3 rings (SSSR count). The summed E-state index contributed by atoms with van der Waals surface area (Å²) in [5.41, 5.74) is 2.69. The summed E-state index contributed by atoms with van der Waals surface area (Å²) in [5, 5.41) is 7.49. The Hall–Kier alpha value is -2.25. The number of carbonyl (C=O) groups is 1. The van der Waals surface area contributed by atoms with E-state index in [4.69, 9.17) is 4.74 Å². The van der Waals surface area contributed by atoms with E-state index in [1.165, 1.54) is 17.4 Å². The Labute approximate surface area is 151 Å². The van der Waals surface area contributed by atoms with E-state index in [-0.39, 0.29) is 5.91 Å². The molecule has 0 unspecified atom stereocenters. The lowest BCUT2D eigenvalue weighted by Crippen LogP contribution is -2.36. The number of benzene rings is 1. The van der Waals surface area contributed by atoms with Crippen LogP contribution in [-0.2, 0) is 11.8 Å². The van der Waals surface area contributed by atoms with Gasteiger partial charge in [-0.15, -0.1) is 0 Å². The van der Waals surface area contributed by atoms with Gasteiger partial charge in [-0.05, 0) is 30.7 Å². The van der Waals surface area contributed by atoms with Crippen LogP contribution in [0.4, 0.5) is 5.69 Å². The van der Waals surface area contributed by atoms with Crippen LogP contribution < -0.4 is 10.2 Å². The number of anilines is 1. The van der Waals surface area contributed by atoms with Crippen molar-refractivity contribution in [1.29, 1.82) is 0 Å². The third-order valence-corrected chi connectivity index (χ3v) is 4.99. The van der Waals surface area contributed by atoms with Crippen LogP contribution >= 0.6 is 11.8 Å². The quantitative estimate of drug-likeness (QED) is 0.833. The van der Waals surface area contributed by atoms with Gasteiger partial charge in [0.25, 0.3) is 5.91 Å². The molecule has 1 N–H and O–H groups in total. The standard InChI is InChI=1S/C18H22N4O2S/c1-13-4-5-15(22-8-10-24-11-9-22)12-17(13)25-14(2)19-18(23)16-6-7-21(3)20-16/h4-7,12H,2,8-11H2,1,3H3,(H,19,23). The van der Waals surface area contributed by atoms with Crippen LogP contribution in [0.15, 0.2) is 47.0 Å². The van der Waals surface area contributed by atoms with Gasteiger partial charge in [0.05, 0.1) is 18.2 Å². The number of aryl methyl sites for hydroxylation is 2. The lowest BCUT2D eigenvalue weighted by molar-refractivity contribution is 0.0963. The maximum absolute atomic E-state index is 12.2. The molecule has 1 amide bonds. The molecule has 1 fully saturated rings. The molecule has 6 nitrogen and oxygen atoms in total. The zero-order valence-corrected chi connectivity index (χ0v) is 15.3. The summed E-state index contributed by atoms with van der Waals surface area (Å²) >= 11 is 1.46. The van der Waals surface area contributed by atoms with E-state index in [0.717, 1.165) is 36.8 Å². The van der Waals surface area contributed by atoms with Crippen molar-refractivity contribution in [2.45, 2.75) is 11.8 Å². The van der Waals surface area contributed by atoms with Crippen LogP contribution in [-0.4, -0.2) is 42.0 Å². The van der Waals surface area contributed by atoms with Gasteiger partial charge in [-0.1, -0.05) is 24.4 Å². The van der Waals surface area contributed by atoms with Gasteiger partial charge in [0.2, 0.25) is 0 Å². The van der Waals surface area contributed by atoms with Crippen molar-refractivity contribution in [3.63, 3.8) is 0 Å². The molecule has 2 heterocycles. The number of carbonyl (C=O) groups excluding carboxylic acids is 1. The van der Waals surface area contributed by atoms with Gasteiger partial charge < -0.3 is 15.0 Å². The van der Waals surface area contributed by atoms with Crippen LogP contribution in [0.25, 0.3) is 0 Å². The third-order valence-electron chi connectivity index (χ3n) is 3.98. The molecule has 0 atom stereocenters. The number of hydrogen-bond donors (Lipinski definition) is 1. The molecule has 1 aromatic carbocycles. The van der Waals surface area contributed by atoms with Gasteiger partial charge in [-0.3, -0.25) is 9.48 Å². The predicted octanol–water partition coefficient (Wildman–Crippen LogP) is 2.56. The summed E-state index contributed by atoms with van der Waals surface area (Å²) in [5.74, 6) is -0.250. The lowest BCUT2D eigenvalue weighted by Gasteiger charge is -2.29. The smallest absolute Gasteiger partial charge is 0.276 e. The van der Waals surface area contributed by atoms with Crippen molar-refractivity contribution >= 4 is 23.4 Å². The fourth-order valence-corrected chi connectivity index (χ4v) is 3.42. The van der Waals surface area contributed by atoms with Gasteiger partial charge in [-0.25, -0.2) is 0 Å². The van der Waals surface area contributed by atoms with Crippen molar-refractivity contribution in [2.75, 3.05) is 31.2 Å². The Bertz CT molecular complexity index is 781. The molecule has 0 aliphatic carbocycles. The Balaban J connectivity index is 1.66. The number of ether oxygens (including phenoxy) is 1. The topological polar surface area (TPSA) is 59.4 Å². The first-order chi connectivity index (χ1) is 12.0. The molecule has 0 radical (unpaired) electrons. The minimum atomic E-state index is -0.250. The number of thioether (sulfide) groups is 1. The maximum atomic E-state index is 12.2. The molecule has 0 saturated carbocycles. The van der Waals surface area contributed by atoms with Crippen molar-refractivity contribution < 1.29 is 9.53 Å². The van der Waals surface area contributed by atoms with Gasteiger partial charge in [-0.2, -0.15) is 5.10 Å². The van der Waals surface area contributed by atoms with Gasteiger partial charge in [0.1, 0.15) is 0 Å². The summed E-state index contributed by atoms with van der Waals surface area (Å²) in [7, 11) is 1.78. The average Bonchev–Trinajstić information content (AvgIpc) is 3.04. The SMILES string of the molecule is C=C(NC(=O)c1ccn(C)n1)Sc1cc(N2CCOCC2)ccc1C. The molecule has 1 aliphatic heterocycles. The van der Waals surface area contributed by atoms with Crippen molar-refractivity contribution in [1.82, 2.24) is 15.1 Å². The number of amides is 1. The average molecular weight is 358 g/mol. The molecule has 2 aromatic rings. The molecule has 25 heavy (non-hydrogen) atoms. The van der Waals surface area contributed by atoms with Crippen LogP contribution in [0.3, 0.4) is 0 Å². The second-order valence-corrected chi connectivity index (χ2v) is 7.04. The first-order valence-corrected chi connectivity index (χ1v) is 8.95. The largest absolute Gasteiger partial charge is 0.378 e. The molecule has 132 valence electrons. The van der Waals surface area contributed by atoms with Crippen molar-refractivity contribution in [3.05, 3.63) is 53.3 Å². The highest BCUT2D eigenvalue weighted by molar-refractivity contribution is 8.03. The highest BCUT2D eigenvalue weighted by Gasteiger charge is 2.14. The summed E-state index contributed by atoms with van der Waals surface area (Å²) in [4.78, 5) is 15.6. The number of morpholine rings is 1. The van der Waals surface area contributed by atoms with Crippen LogP contribution in [0.2, 0.25) is 0 Å². The van der Waals surface area contributed by atoms with Crippen molar-refractivity contribution in [3.8, 4) is 0 Å². The monoisotopic (exact) mass is 358 g/mol. The fraction of sp³-hybridized carbons (Fsp3) is 0.333. The van der Waals surface area contributed by atoms with E-state index >= 15 is 0 Å². The maximum Gasteiger partial charge on any atom is 0.276 e. The molecule has 0 spiro atoms. The summed E-state index contributed by atoms with van der Waals surface area (Å²) in [6, 6.07) is 8.04. The second kappa shape index (κ2) is 7.76. The van der Waals surface area contributed by atoms with E-state index < -0.39 is 0 Å². The summed E-state index contributed by atoms with van der Waals surface area (Å²) in [6.07, 6.45) is 1.74. The van der Waals surface area contributed by atoms with Crippen LogP contribution in [0, 0.1) is 6.92 Å². The molecular weight excluding hydrogens is 336 g/mol. The highest BCUT2D eigenvalue weighted by atomic mass is 32.2. The number of hydrogen-bond acceptors (Lipinski definition) is 5. The molecule has 7 heteroatoms. The van der Waals surface area contributed by atoms with E-state index in [2.05, 4.69) is 47.0 Å². The first kappa shape index (κ1) is 17.6. The zero-order valence-electron chi connectivity index (χ0n) is 14.5. The normalized spacial score (nSPS) is 14.4. The minimum absolute atomic E-state index is 0.250. The summed E-state index contributed by atoms with van der Waals surface area (Å²) in [6.45, 7) is 9.32. The molecule has 1 aromatic heterocycles.